The predicted molar refractivity (Wildman–Crippen MR) is 109 cm³/mol. The van der Waals surface area contributed by atoms with Crippen LogP contribution in [0.3, 0.4) is 0 Å². The number of para-hydroxylation sites is 1. The molecule has 1 aromatic heterocycles. The van der Waals surface area contributed by atoms with Crippen molar-refractivity contribution in [3.63, 3.8) is 0 Å². The van der Waals surface area contributed by atoms with Gasteiger partial charge in [-0.1, -0.05) is 18.2 Å². The molecule has 0 bridgehead atoms. The van der Waals surface area contributed by atoms with Gasteiger partial charge in [-0.15, -0.1) is 0 Å². The molecule has 6 heteroatoms. The van der Waals surface area contributed by atoms with Gasteiger partial charge in [0.25, 0.3) is 0 Å². The number of amides is 1. The molecule has 1 amide bonds. The molecule has 1 aromatic carbocycles. The second-order valence-electron chi connectivity index (χ2n) is 7.45. The standard InChI is InChI=1S/C21H31N5O/c1-16-21(17(2)26(24-16)19-7-5-4-6-8-19)23-20(27)15-25-13-10-18(11-14-25)9-12-22-3/h4-8,18,22H,9-15H2,1-3H3,(H,23,27). The van der Waals surface area contributed by atoms with Crippen LogP contribution < -0.4 is 10.6 Å². The number of carbonyl (C=O) groups excluding carboxylic acids is 1. The number of hydrogen-bond acceptors (Lipinski definition) is 4. The number of carbonyl (C=O) groups is 1. The zero-order valence-corrected chi connectivity index (χ0v) is 16.7. The SMILES string of the molecule is CNCCC1CCN(CC(=O)Nc2c(C)nn(-c3ccccc3)c2C)CC1. The van der Waals surface area contributed by atoms with Gasteiger partial charge in [-0.2, -0.15) is 5.10 Å². The summed E-state index contributed by atoms with van der Waals surface area (Å²) in [4.78, 5) is 14.8. The lowest BCUT2D eigenvalue weighted by atomic mass is 9.93. The first-order chi connectivity index (χ1) is 13.1. The van der Waals surface area contributed by atoms with Gasteiger partial charge in [0.15, 0.2) is 0 Å². The lowest BCUT2D eigenvalue weighted by Gasteiger charge is -2.31. The summed E-state index contributed by atoms with van der Waals surface area (Å²) in [6.07, 6.45) is 3.59. The van der Waals surface area contributed by atoms with Crippen molar-refractivity contribution < 1.29 is 4.79 Å². The second-order valence-corrected chi connectivity index (χ2v) is 7.45. The number of anilines is 1. The van der Waals surface area contributed by atoms with Crippen LogP contribution in [0.1, 0.15) is 30.7 Å². The van der Waals surface area contributed by atoms with Gasteiger partial charge >= 0.3 is 0 Å². The minimum absolute atomic E-state index is 0.0440. The Kier molecular flexibility index (Phi) is 6.63. The molecular formula is C21H31N5O. The minimum atomic E-state index is 0.0440. The van der Waals surface area contributed by atoms with E-state index in [2.05, 4.69) is 20.6 Å². The number of benzene rings is 1. The van der Waals surface area contributed by atoms with Crippen LogP contribution in [0.15, 0.2) is 30.3 Å². The van der Waals surface area contributed by atoms with E-state index in [-0.39, 0.29) is 5.91 Å². The van der Waals surface area contributed by atoms with Crippen LogP contribution in [0.25, 0.3) is 5.69 Å². The second kappa shape index (κ2) is 9.15. The Hall–Kier alpha value is -2.18. The summed E-state index contributed by atoms with van der Waals surface area (Å²) < 4.78 is 1.89. The predicted octanol–water partition coefficient (Wildman–Crippen LogP) is 2.75. The van der Waals surface area contributed by atoms with Crippen LogP contribution in [0, 0.1) is 19.8 Å². The third kappa shape index (κ3) is 4.96. The molecule has 3 rings (SSSR count). The van der Waals surface area contributed by atoms with Crippen molar-refractivity contribution in [2.75, 3.05) is 38.5 Å². The number of aryl methyl sites for hydroxylation is 1. The highest BCUT2D eigenvalue weighted by Crippen LogP contribution is 2.23. The van der Waals surface area contributed by atoms with Gasteiger partial charge < -0.3 is 10.6 Å². The van der Waals surface area contributed by atoms with E-state index in [1.54, 1.807) is 0 Å². The van der Waals surface area contributed by atoms with E-state index in [0.29, 0.717) is 6.54 Å². The lowest BCUT2D eigenvalue weighted by molar-refractivity contribution is -0.117. The Morgan fingerprint density at radius 3 is 2.56 bits per heavy atom. The van der Waals surface area contributed by atoms with Crippen LogP contribution in [-0.2, 0) is 4.79 Å². The van der Waals surface area contributed by atoms with Crippen molar-refractivity contribution in [3.8, 4) is 5.69 Å². The monoisotopic (exact) mass is 369 g/mol. The normalized spacial score (nSPS) is 15.8. The Balaban J connectivity index is 1.57. The molecule has 2 aromatic rings. The largest absolute Gasteiger partial charge is 0.322 e. The van der Waals surface area contributed by atoms with Crippen LogP contribution in [0.4, 0.5) is 5.69 Å². The average Bonchev–Trinajstić information content (AvgIpc) is 2.96. The summed E-state index contributed by atoms with van der Waals surface area (Å²) in [5.74, 6) is 0.827. The molecule has 2 heterocycles. The van der Waals surface area contributed by atoms with Gasteiger partial charge in [0, 0.05) is 0 Å². The lowest BCUT2D eigenvalue weighted by Crippen LogP contribution is -2.39. The molecule has 0 atom stereocenters. The first kappa shape index (κ1) is 19.6. The van der Waals surface area contributed by atoms with Crippen LogP contribution in [-0.4, -0.2) is 53.8 Å². The Morgan fingerprint density at radius 1 is 1.19 bits per heavy atom. The third-order valence-corrected chi connectivity index (χ3v) is 5.43. The third-order valence-electron chi connectivity index (χ3n) is 5.43. The van der Waals surface area contributed by atoms with Gasteiger partial charge in [-0.3, -0.25) is 9.69 Å². The van der Waals surface area contributed by atoms with Gasteiger partial charge in [-0.25, -0.2) is 4.68 Å². The zero-order valence-electron chi connectivity index (χ0n) is 16.7. The van der Waals surface area contributed by atoms with Gasteiger partial charge in [0.05, 0.1) is 29.3 Å². The highest BCUT2D eigenvalue weighted by Gasteiger charge is 2.22. The average molecular weight is 370 g/mol. The maximum atomic E-state index is 12.6. The smallest absolute Gasteiger partial charge is 0.238 e. The van der Waals surface area contributed by atoms with E-state index in [1.807, 2.05) is 55.9 Å². The molecule has 1 aliphatic heterocycles. The van der Waals surface area contributed by atoms with Crippen LogP contribution in [0.5, 0.6) is 0 Å². The number of nitrogens with one attached hydrogen (secondary N) is 2. The van der Waals surface area contributed by atoms with Gasteiger partial charge in [0.1, 0.15) is 0 Å². The van der Waals surface area contributed by atoms with E-state index >= 15 is 0 Å². The first-order valence-electron chi connectivity index (χ1n) is 9.87. The number of likely N-dealkylation sites (tertiary alicyclic amines) is 1. The van der Waals surface area contributed by atoms with E-state index in [4.69, 9.17) is 0 Å². The van der Waals surface area contributed by atoms with Gasteiger partial charge in [0.2, 0.25) is 5.91 Å². The zero-order chi connectivity index (χ0) is 19.2. The quantitative estimate of drug-likeness (QED) is 0.788. The molecule has 2 N–H and O–H groups in total. The molecule has 0 saturated carbocycles. The molecule has 0 spiro atoms. The van der Waals surface area contributed by atoms with E-state index in [1.165, 1.54) is 19.3 Å². The molecule has 6 nitrogen and oxygen atoms in total. The fourth-order valence-corrected chi connectivity index (χ4v) is 3.81. The van der Waals surface area contributed by atoms with Crippen LogP contribution in [0.2, 0.25) is 0 Å². The maximum Gasteiger partial charge on any atom is 0.238 e. The molecule has 0 unspecified atom stereocenters. The fourth-order valence-electron chi connectivity index (χ4n) is 3.81. The molecule has 0 aliphatic carbocycles. The molecule has 1 aliphatic rings. The Bertz CT molecular complexity index is 747. The molecule has 1 fully saturated rings. The number of rotatable bonds is 7. The Morgan fingerprint density at radius 2 is 1.89 bits per heavy atom. The van der Waals surface area contributed by atoms with E-state index in [9.17, 15) is 4.79 Å². The summed E-state index contributed by atoms with van der Waals surface area (Å²) >= 11 is 0. The highest BCUT2D eigenvalue weighted by molar-refractivity contribution is 5.93. The molecule has 27 heavy (non-hydrogen) atoms. The highest BCUT2D eigenvalue weighted by atomic mass is 16.2. The summed E-state index contributed by atoms with van der Waals surface area (Å²) in [5, 5.41) is 10.9. The number of aromatic nitrogens is 2. The molecular weight excluding hydrogens is 338 g/mol. The summed E-state index contributed by atoms with van der Waals surface area (Å²) in [5.41, 5.74) is 3.63. The van der Waals surface area contributed by atoms with Crippen molar-refractivity contribution in [2.24, 2.45) is 5.92 Å². The summed E-state index contributed by atoms with van der Waals surface area (Å²) in [6, 6.07) is 10.0. The van der Waals surface area contributed by atoms with E-state index < -0.39 is 0 Å². The van der Waals surface area contributed by atoms with Crippen molar-refractivity contribution in [1.82, 2.24) is 20.0 Å². The van der Waals surface area contributed by atoms with E-state index in [0.717, 1.165) is 48.3 Å². The van der Waals surface area contributed by atoms with Crippen LogP contribution >= 0.6 is 0 Å². The molecule has 0 radical (unpaired) electrons. The molecule has 146 valence electrons. The van der Waals surface area contributed by atoms with Crippen molar-refractivity contribution >= 4 is 11.6 Å². The van der Waals surface area contributed by atoms with Gasteiger partial charge in [-0.05, 0) is 77.8 Å². The number of hydrogen-bond donors (Lipinski definition) is 2. The summed E-state index contributed by atoms with van der Waals surface area (Å²) in [6.45, 7) is 7.47. The van der Waals surface area contributed by atoms with Crippen molar-refractivity contribution in [1.29, 1.82) is 0 Å². The molecule has 1 saturated heterocycles. The Labute approximate surface area is 161 Å². The summed E-state index contributed by atoms with van der Waals surface area (Å²) in [7, 11) is 2.00. The number of nitrogens with zero attached hydrogens (tertiary/aromatic N) is 3. The minimum Gasteiger partial charge on any atom is -0.322 e. The fraction of sp³-hybridized carbons (Fsp3) is 0.524. The maximum absolute atomic E-state index is 12.6. The topological polar surface area (TPSA) is 62.2 Å². The van der Waals surface area contributed by atoms with Crippen molar-refractivity contribution in [2.45, 2.75) is 33.1 Å². The first-order valence-corrected chi connectivity index (χ1v) is 9.87. The van der Waals surface area contributed by atoms with Crippen molar-refractivity contribution in [3.05, 3.63) is 41.7 Å². The number of piperidine rings is 1.